The molecular formula is C22H25FN2O3. The van der Waals surface area contributed by atoms with E-state index in [1.807, 2.05) is 31.2 Å². The van der Waals surface area contributed by atoms with Crippen LogP contribution in [0.1, 0.15) is 37.3 Å². The predicted octanol–water partition coefficient (Wildman–Crippen LogP) is 3.92. The van der Waals surface area contributed by atoms with Gasteiger partial charge in [-0.25, -0.2) is 4.39 Å². The van der Waals surface area contributed by atoms with Gasteiger partial charge in [0.15, 0.2) is 0 Å². The number of aryl methyl sites for hydroxylation is 1. The molecule has 1 heterocycles. The van der Waals surface area contributed by atoms with E-state index >= 15 is 0 Å². The van der Waals surface area contributed by atoms with Gasteiger partial charge in [0.25, 0.3) is 0 Å². The van der Waals surface area contributed by atoms with E-state index in [-0.39, 0.29) is 17.6 Å². The lowest BCUT2D eigenvalue weighted by Crippen LogP contribution is -2.30. The van der Waals surface area contributed by atoms with Crippen LogP contribution in [0.15, 0.2) is 42.5 Å². The second kappa shape index (κ2) is 9.35. The SMILES string of the molecule is CCN(Cc1cccc(F)c1)C(=O)CCCOc1ccc2c(c1)CCC(=O)N2. The normalized spacial score (nSPS) is 12.9. The number of hydrogen-bond donors (Lipinski definition) is 1. The van der Waals surface area contributed by atoms with Gasteiger partial charge in [-0.2, -0.15) is 0 Å². The Morgan fingerprint density at radius 2 is 2.07 bits per heavy atom. The van der Waals surface area contributed by atoms with Crippen molar-refractivity contribution in [2.75, 3.05) is 18.5 Å². The summed E-state index contributed by atoms with van der Waals surface area (Å²) in [6.45, 7) is 3.34. The van der Waals surface area contributed by atoms with E-state index in [0.717, 1.165) is 22.6 Å². The number of carbonyl (C=O) groups excluding carboxylic acids is 2. The van der Waals surface area contributed by atoms with Crippen LogP contribution < -0.4 is 10.1 Å². The first kappa shape index (κ1) is 19.9. The summed E-state index contributed by atoms with van der Waals surface area (Å²) in [5.74, 6) is 0.524. The molecule has 148 valence electrons. The Labute approximate surface area is 164 Å². The average Bonchev–Trinajstić information content (AvgIpc) is 2.69. The molecule has 0 fully saturated rings. The van der Waals surface area contributed by atoms with E-state index in [9.17, 15) is 14.0 Å². The highest BCUT2D eigenvalue weighted by Crippen LogP contribution is 2.26. The van der Waals surface area contributed by atoms with Gasteiger partial charge in [0.1, 0.15) is 11.6 Å². The number of hydrogen-bond acceptors (Lipinski definition) is 3. The molecule has 0 bridgehead atoms. The van der Waals surface area contributed by atoms with Crippen LogP contribution in [0.2, 0.25) is 0 Å². The maximum absolute atomic E-state index is 13.3. The van der Waals surface area contributed by atoms with E-state index < -0.39 is 0 Å². The Hall–Kier alpha value is -2.89. The minimum absolute atomic E-state index is 0.0310. The van der Waals surface area contributed by atoms with Gasteiger partial charge in [0, 0.05) is 31.6 Å². The lowest BCUT2D eigenvalue weighted by Gasteiger charge is -2.21. The first-order valence-electron chi connectivity index (χ1n) is 9.63. The highest BCUT2D eigenvalue weighted by Gasteiger charge is 2.15. The molecule has 0 saturated heterocycles. The fourth-order valence-electron chi connectivity index (χ4n) is 3.25. The molecule has 0 spiro atoms. The topological polar surface area (TPSA) is 58.6 Å². The Balaban J connectivity index is 1.45. The summed E-state index contributed by atoms with van der Waals surface area (Å²) < 4.78 is 19.1. The van der Waals surface area contributed by atoms with Gasteiger partial charge < -0.3 is 15.0 Å². The third-order valence-corrected chi connectivity index (χ3v) is 4.77. The molecular weight excluding hydrogens is 359 g/mol. The molecule has 0 unspecified atom stereocenters. The third kappa shape index (κ3) is 5.31. The highest BCUT2D eigenvalue weighted by atomic mass is 19.1. The number of anilines is 1. The molecule has 2 aromatic carbocycles. The van der Waals surface area contributed by atoms with Gasteiger partial charge in [-0.15, -0.1) is 0 Å². The van der Waals surface area contributed by atoms with Crippen LogP contribution in [-0.2, 0) is 22.6 Å². The van der Waals surface area contributed by atoms with Crippen LogP contribution in [0.4, 0.5) is 10.1 Å². The van der Waals surface area contributed by atoms with Crippen molar-refractivity contribution in [1.29, 1.82) is 0 Å². The van der Waals surface area contributed by atoms with Crippen molar-refractivity contribution in [2.45, 2.75) is 39.2 Å². The van der Waals surface area contributed by atoms with Gasteiger partial charge in [-0.05, 0) is 61.2 Å². The molecule has 1 N–H and O–H groups in total. The Morgan fingerprint density at radius 3 is 2.86 bits per heavy atom. The molecule has 28 heavy (non-hydrogen) atoms. The van der Waals surface area contributed by atoms with Crippen molar-refractivity contribution in [1.82, 2.24) is 4.90 Å². The zero-order valence-corrected chi connectivity index (χ0v) is 16.0. The number of benzene rings is 2. The van der Waals surface area contributed by atoms with Gasteiger partial charge >= 0.3 is 0 Å². The lowest BCUT2D eigenvalue weighted by atomic mass is 10.0. The van der Waals surface area contributed by atoms with Crippen LogP contribution in [-0.4, -0.2) is 29.9 Å². The first-order valence-corrected chi connectivity index (χ1v) is 9.63. The number of rotatable bonds is 8. The van der Waals surface area contributed by atoms with Crippen LogP contribution in [0.3, 0.4) is 0 Å². The van der Waals surface area contributed by atoms with Gasteiger partial charge in [0.2, 0.25) is 11.8 Å². The van der Waals surface area contributed by atoms with Crippen molar-refractivity contribution in [3.8, 4) is 5.75 Å². The summed E-state index contributed by atoms with van der Waals surface area (Å²) >= 11 is 0. The number of fused-ring (bicyclic) bond motifs is 1. The van der Waals surface area contributed by atoms with Crippen molar-refractivity contribution in [3.63, 3.8) is 0 Å². The maximum atomic E-state index is 13.3. The first-order chi connectivity index (χ1) is 13.5. The van der Waals surface area contributed by atoms with Crippen LogP contribution in [0.5, 0.6) is 5.75 Å². The Kier molecular flexibility index (Phi) is 6.63. The zero-order chi connectivity index (χ0) is 19.9. The largest absolute Gasteiger partial charge is 0.494 e. The van der Waals surface area contributed by atoms with Crippen molar-refractivity contribution in [2.24, 2.45) is 0 Å². The predicted molar refractivity (Wildman–Crippen MR) is 106 cm³/mol. The number of nitrogens with zero attached hydrogens (tertiary/aromatic N) is 1. The molecule has 0 aromatic heterocycles. The Morgan fingerprint density at radius 1 is 1.21 bits per heavy atom. The molecule has 5 nitrogen and oxygen atoms in total. The smallest absolute Gasteiger partial charge is 0.224 e. The number of ether oxygens (including phenoxy) is 1. The second-order valence-corrected chi connectivity index (χ2v) is 6.86. The molecule has 2 amide bonds. The highest BCUT2D eigenvalue weighted by molar-refractivity contribution is 5.94. The minimum Gasteiger partial charge on any atom is -0.494 e. The van der Waals surface area contributed by atoms with Crippen LogP contribution in [0.25, 0.3) is 0 Å². The fourth-order valence-corrected chi connectivity index (χ4v) is 3.25. The van der Waals surface area contributed by atoms with Gasteiger partial charge in [-0.1, -0.05) is 12.1 Å². The standard InChI is InChI=1S/C22H25FN2O3/c1-2-25(15-16-5-3-6-18(23)13-16)22(27)7-4-12-28-19-9-10-20-17(14-19)8-11-21(26)24-20/h3,5-6,9-10,13-14H,2,4,7-8,11-12,15H2,1H3,(H,24,26). The van der Waals surface area contributed by atoms with Crippen LogP contribution >= 0.6 is 0 Å². The van der Waals surface area contributed by atoms with E-state index in [4.69, 9.17) is 4.74 Å². The summed E-state index contributed by atoms with van der Waals surface area (Å²) in [4.78, 5) is 25.6. The summed E-state index contributed by atoms with van der Waals surface area (Å²) in [7, 11) is 0. The molecule has 0 saturated carbocycles. The molecule has 0 aliphatic carbocycles. The number of halogens is 1. The molecule has 1 aliphatic rings. The van der Waals surface area contributed by atoms with Crippen LogP contribution in [0, 0.1) is 5.82 Å². The molecule has 0 atom stereocenters. The Bertz CT molecular complexity index is 853. The fraction of sp³-hybridized carbons (Fsp3) is 0.364. The quantitative estimate of drug-likeness (QED) is 0.702. The maximum Gasteiger partial charge on any atom is 0.224 e. The lowest BCUT2D eigenvalue weighted by molar-refractivity contribution is -0.131. The molecule has 1 aliphatic heterocycles. The summed E-state index contributed by atoms with van der Waals surface area (Å²) in [5.41, 5.74) is 2.70. The van der Waals surface area contributed by atoms with Crippen molar-refractivity contribution in [3.05, 3.63) is 59.4 Å². The van der Waals surface area contributed by atoms with Crippen molar-refractivity contribution >= 4 is 17.5 Å². The third-order valence-electron chi connectivity index (χ3n) is 4.77. The summed E-state index contributed by atoms with van der Waals surface area (Å²) in [6, 6.07) is 11.9. The summed E-state index contributed by atoms with van der Waals surface area (Å²) in [6.07, 6.45) is 2.18. The van der Waals surface area contributed by atoms with E-state index in [1.54, 1.807) is 11.0 Å². The van der Waals surface area contributed by atoms with Gasteiger partial charge in [-0.3, -0.25) is 9.59 Å². The van der Waals surface area contributed by atoms with Crippen molar-refractivity contribution < 1.29 is 18.7 Å². The molecule has 6 heteroatoms. The molecule has 0 radical (unpaired) electrons. The minimum atomic E-state index is -0.293. The number of amides is 2. The van der Waals surface area contributed by atoms with E-state index in [2.05, 4.69) is 5.32 Å². The van der Waals surface area contributed by atoms with Gasteiger partial charge in [0.05, 0.1) is 6.61 Å². The number of nitrogens with one attached hydrogen (secondary N) is 1. The zero-order valence-electron chi connectivity index (χ0n) is 16.0. The summed E-state index contributed by atoms with van der Waals surface area (Å²) in [5, 5.41) is 2.84. The second-order valence-electron chi connectivity index (χ2n) is 6.86. The average molecular weight is 384 g/mol. The molecule has 2 aromatic rings. The van der Waals surface area contributed by atoms with E-state index in [1.165, 1.54) is 12.1 Å². The van der Waals surface area contributed by atoms with E-state index in [0.29, 0.717) is 45.4 Å². The monoisotopic (exact) mass is 384 g/mol. The molecule has 3 rings (SSSR count). The number of carbonyl (C=O) groups is 2.